The number of nitrogens with one attached hydrogen (secondary N) is 2. The number of esters is 1. The van der Waals surface area contributed by atoms with Crippen molar-refractivity contribution in [1.29, 1.82) is 0 Å². The molecular weight excluding hydrogens is 625 g/mol. The SMILES string of the molecule is CC[C@@H](Nc1cc(F)c(C(=O)N[C@@H](Cc2ccc(-c3ncc(F)cc3C(F)(F)F)c3nccn23)C(=O)OC)c(F)c1)C(F)(F)F. The molecule has 2 N–H and O–H groups in total. The van der Waals surface area contributed by atoms with E-state index in [1.807, 2.05) is 5.32 Å². The summed E-state index contributed by atoms with van der Waals surface area (Å²) >= 11 is 0. The zero-order valence-corrected chi connectivity index (χ0v) is 23.2. The maximum Gasteiger partial charge on any atom is 0.418 e. The standard InChI is InChI=1S/C28H22F9N5O3/c1-3-21(28(35,36)37)40-14-9-18(30)22(19(31)10-14)25(43)41-20(26(44)45-2)11-15-4-5-16(24-38-6-7-42(15)24)23-17(27(32,33)34)8-13(29)12-39-23/h4-10,12,20-21,40H,3,11H2,1-2H3,(H,41,43)/t20-,21+/m0/s1. The van der Waals surface area contributed by atoms with E-state index in [1.165, 1.54) is 35.9 Å². The number of imidazole rings is 1. The van der Waals surface area contributed by atoms with E-state index in [1.54, 1.807) is 0 Å². The highest BCUT2D eigenvalue weighted by Gasteiger charge is 2.39. The highest BCUT2D eigenvalue weighted by Crippen LogP contribution is 2.37. The van der Waals surface area contributed by atoms with E-state index in [4.69, 9.17) is 0 Å². The summed E-state index contributed by atoms with van der Waals surface area (Å²) in [7, 11) is 0.961. The number of ether oxygens (including phenoxy) is 1. The number of anilines is 1. The second-order valence-electron chi connectivity index (χ2n) is 9.62. The van der Waals surface area contributed by atoms with E-state index in [2.05, 4.69) is 20.0 Å². The topological polar surface area (TPSA) is 97.6 Å². The largest absolute Gasteiger partial charge is 0.467 e. The van der Waals surface area contributed by atoms with Gasteiger partial charge < -0.3 is 19.8 Å². The Morgan fingerprint density at radius 1 is 1.00 bits per heavy atom. The third kappa shape index (κ3) is 7.12. The number of pyridine rings is 2. The lowest BCUT2D eigenvalue weighted by Gasteiger charge is -2.22. The Morgan fingerprint density at radius 3 is 2.24 bits per heavy atom. The molecule has 0 bridgehead atoms. The lowest BCUT2D eigenvalue weighted by atomic mass is 10.0. The molecule has 0 spiro atoms. The van der Waals surface area contributed by atoms with E-state index in [0.717, 1.165) is 7.11 Å². The van der Waals surface area contributed by atoms with E-state index < -0.39 is 89.1 Å². The average Bonchev–Trinajstić information content (AvgIpc) is 3.44. The van der Waals surface area contributed by atoms with Crippen LogP contribution in [0.3, 0.4) is 0 Å². The van der Waals surface area contributed by atoms with Gasteiger partial charge in [-0.1, -0.05) is 6.92 Å². The molecule has 0 aliphatic heterocycles. The minimum Gasteiger partial charge on any atom is -0.467 e. The summed E-state index contributed by atoms with van der Waals surface area (Å²) in [6.45, 7) is 1.21. The number of alkyl halides is 6. The number of halogens is 9. The van der Waals surface area contributed by atoms with Crippen LogP contribution in [0.4, 0.5) is 45.2 Å². The Morgan fingerprint density at radius 2 is 1.67 bits per heavy atom. The van der Waals surface area contributed by atoms with Crippen molar-refractivity contribution in [3.8, 4) is 11.3 Å². The van der Waals surface area contributed by atoms with Gasteiger partial charge in [-0.2, -0.15) is 26.3 Å². The van der Waals surface area contributed by atoms with E-state index in [9.17, 15) is 49.1 Å². The molecule has 0 fully saturated rings. The maximum atomic E-state index is 14.8. The highest BCUT2D eigenvalue weighted by atomic mass is 19.4. The van der Waals surface area contributed by atoms with Gasteiger partial charge in [0.25, 0.3) is 5.91 Å². The molecule has 0 aliphatic rings. The fraction of sp³-hybridized carbons (Fsp3) is 0.286. The van der Waals surface area contributed by atoms with Crippen LogP contribution in [0.15, 0.2) is 48.9 Å². The Balaban J connectivity index is 1.65. The van der Waals surface area contributed by atoms with E-state index >= 15 is 0 Å². The number of aromatic nitrogens is 3. The molecule has 3 aromatic heterocycles. The van der Waals surface area contributed by atoms with Gasteiger partial charge in [0.15, 0.2) is 0 Å². The summed E-state index contributed by atoms with van der Waals surface area (Å²) < 4.78 is 129. The molecule has 1 aromatic carbocycles. The van der Waals surface area contributed by atoms with Crippen LogP contribution in [-0.4, -0.2) is 51.6 Å². The maximum absolute atomic E-state index is 14.8. The van der Waals surface area contributed by atoms with Gasteiger partial charge in [-0.15, -0.1) is 0 Å². The molecule has 4 rings (SSSR count). The van der Waals surface area contributed by atoms with Gasteiger partial charge in [0, 0.05) is 35.8 Å². The molecule has 2 atom stereocenters. The fourth-order valence-corrected chi connectivity index (χ4v) is 4.56. The number of nitrogens with zero attached hydrogens (tertiary/aromatic N) is 3. The number of hydrogen-bond acceptors (Lipinski definition) is 6. The smallest absolute Gasteiger partial charge is 0.418 e. The van der Waals surface area contributed by atoms with Crippen LogP contribution in [0.5, 0.6) is 0 Å². The van der Waals surface area contributed by atoms with Crippen molar-refractivity contribution < 1.29 is 53.8 Å². The number of amides is 1. The summed E-state index contributed by atoms with van der Waals surface area (Å²) in [4.78, 5) is 33.1. The summed E-state index contributed by atoms with van der Waals surface area (Å²) in [6.07, 6.45) is -7.45. The van der Waals surface area contributed by atoms with Crippen LogP contribution < -0.4 is 10.6 Å². The average molecular weight is 647 g/mol. The van der Waals surface area contributed by atoms with Crippen molar-refractivity contribution in [3.05, 3.63) is 83.2 Å². The minimum absolute atomic E-state index is 0.0866. The number of carbonyl (C=O) groups excluding carboxylic acids is 2. The predicted octanol–water partition coefficient (Wildman–Crippen LogP) is 6.10. The summed E-state index contributed by atoms with van der Waals surface area (Å²) in [5.74, 6) is -6.79. The summed E-state index contributed by atoms with van der Waals surface area (Å²) in [5.41, 5.74) is -3.85. The third-order valence-corrected chi connectivity index (χ3v) is 6.67. The molecule has 3 heterocycles. The first kappa shape index (κ1) is 33.1. The van der Waals surface area contributed by atoms with Gasteiger partial charge in [0.1, 0.15) is 40.7 Å². The molecule has 240 valence electrons. The Bertz CT molecular complexity index is 1710. The van der Waals surface area contributed by atoms with Crippen LogP contribution in [-0.2, 0) is 22.1 Å². The molecule has 0 saturated carbocycles. The summed E-state index contributed by atoms with van der Waals surface area (Å²) in [6, 6.07) is -0.0248. The van der Waals surface area contributed by atoms with Crippen molar-refractivity contribution in [2.24, 2.45) is 0 Å². The van der Waals surface area contributed by atoms with Gasteiger partial charge >= 0.3 is 18.3 Å². The Kier molecular flexibility index (Phi) is 9.30. The van der Waals surface area contributed by atoms with Crippen LogP contribution in [0.2, 0.25) is 0 Å². The van der Waals surface area contributed by atoms with Gasteiger partial charge in [-0.05, 0) is 36.8 Å². The zero-order valence-electron chi connectivity index (χ0n) is 23.2. The quantitative estimate of drug-likeness (QED) is 0.168. The predicted molar refractivity (Wildman–Crippen MR) is 140 cm³/mol. The molecule has 0 radical (unpaired) electrons. The monoisotopic (exact) mass is 647 g/mol. The van der Waals surface area contributed by atoms with E-state index in [0.29, 0.717) is 18.3 Å². The first-order chi connectivity index (χ1) is 21.0. The number of methoxy groups -OCH3 is 1. The van der Waals surface area contributed by atoms with Crippen molar-refractivity contribution in [1.82, 2.24) is 19.7 Å². The zero-order chi connectivity index (χ0) is 33.3. The fourth-order valence-electron chi connectivity index (χ4n) is 4.56. The number of benzene rings is 1. The number of hydrogen-bond donors (Lipinski definition) is 2. The number of carbonyl (C=O) groups is 2. The second-order valence-corrected chi connectivity index (χ2v) is 9.62. The van der Waals surface area contributed by atoms with Gasteiger partial charge in [-0.25, -0.2) is 22.9 Å². The Labute approximate surface area is 248 Å². The van der Waals surface area contributed by atoms with Crippen molar-refractivity contribution in [2.45, 2.75) is 44.2 Å². The third-order valence-electron chi connectivity index (χ3n) is 6.67. The molecule has 0 unspecified atom stereocenters. The minimum atomic E-state index is -4.97. The highest BCUT2D eigenvalue weighted by molar-refractivity contribution is 5.97. The van der Waals surface area contributed by atoms with E-state index in [-0.39, 0.29) is 23.0 Å². The molecule has 0 saturated heterocycles. The van der Waals surface area contributed by atoms with Crippen molar-refractivity contribution >= 4 is 23.2 Å². The molecule has 1 amide bonds. The summed E-state index contributed by atoms with van der Waals surface area (Å²) in [5, 5.41) is 4.08. The van der Waals surface area contributed by atoms with Crippen LogP contribution in [0.25, 0.3) is 16.9 Å². The molecule has 4 aromatic rings. The van der Waals surface area contributed by atoms with Gasteiger partial charge in [0.2, 0.25) is 0 Å². The Hall–Kier alpha value is -4.83. The molecule has 8 nitrogen and oxygen atoms in total. The second kappa shape index (κ2) is 12.6. The van der Waals surface area contributed by atoms with Crippen LogP contribution in [0, 0.1) is 17.5 Å². The lowest BCUT2D eigenvalue weighted by molar-refractivity contribution is -0.143. The van der Waals surface area contributed by atoms with Crippen LogP contribution in [0.1, 0.15) is 35.0 Å². The molecule has 45 heavy (non-hydrogen) atoms. The molecular formula is C28H22F9N5O3. The lowest BCUT2D eigenvalue weighted by Crippen LogP contribution is -2.44. The number of fused-ring (bicyclic) bond motifs is 1. The van der Waals surface area contributed by atoms with Crippen LogP contribution >= 0.6 is 0 Å². The normalized spacial score (nSPS) is 13.4. The first-order valence-corrected chi connectivity index (χ1v) is 12.9. The van der Waals surface area contributed by atoms with Crippen molar-refractivity contribution in [2.75, 3.05) is 12.4 Å². The van der Waals surface area contributed by atoms with Gasteiger partial charge in [0.05, 0.1) is 24.6 Å². The van der Waals surface area contributed by atoms with Crippen molar-refractivity contribution in [3.63, 3.8) is 0 Å². The van der Waals surface area contributed by atoms with Gasteiger partial charge in [-0.3, -0.25) is 9.78 Å². The number of rotatable bonds is 9. The molecule has 17 heteroatoms. The molecule has 0 aliphatic carbocycles. The first-order valence-electron chi connectivity index (χ1n) is 12.9.